The minimum Gasteiger partial charge on any atom is -0.466 e. The first-order valence-electron chi connectivity index (χ1n) is 5.66. The maximum atomic E-state index is 12.5. The van der Waals surface area contributed by atoms with Crippen molar-refractivity contribution in [2.24, 2.45) is 0 Å². The average Bonchev–Trinajstić information content (AvgIpc) is 2.28. The fourth-order valence-corrected chi connectivity index (χ4v) is 1.52. The van der Waals surface area contributed by atoms with E-state index in [9.17, 15) is 22.8 Å². The summed E-state index contributed by atoms with van der Waals surface area (Å²) in [5, 5.41) is 0. The quantitative estimate of drug-likeness (QED) is 0.612. The van der Waals surface area contributed by atoms with Gasteiger partial charge in [-0.15, -0.1) is 0 Å². The van der Waals surface area contributed by atoms with Gasteiger partial charge in [-0.2, -0.15) is 13.2 Å². The lowest BCUT2D eigenvalue weighted by molar-refractivity contribution is -0.145. The van der Waals surface area contributed by atoms with E-state index in [0.29, 0.717) is 0 Å². The molecule has 0 spiro atoms. The van der Waals surface area contributed by atoms with Crippen molar-refractivity contribution in [3.8, 4) is 0 Å². The summed E-state index contributed by atoms with van der Waals surface area (Å²) in [7, 11) is 0. The number of hydrogen-bond acceptors (Lipinski definition) is 3. The second-order valence-corrected chi connectivity index (χ2v) is 3.90. The third-order valence-electron chi connectivity index (χ3n) is 2.30. The molecule has 0 heterocycles. The number of ketones is 1. The summed E-state index contributed by atoms with van der Waals surface area (Å²) in [6.07, 6.45) is -5.09. The summed E-state index contributed by atoms with van der Waals surface area (Å²) < 4.78 is 42.0. The van der Waals surface area contributed by atoms with Gasteiger partial charge in [0.05, 0.1) is 12.2 Å². The molecule has 0 saturated heterocycles. The molecule has 0 radical (unpaired) electrons. The summed E-state index contributed by atoms with van der Waals surface area (Å²) in [6.45, 7) is 1.77. The Kier molecular flexibility index (Phi) is 5.09. The third-order valence-corrected chi connectivity index (χ3v) is 2.30. The van der Waals surface area contributed by atoms with E-state index in [2.05, 4.69) is 4.74 Å². The lowest BCUT2D eigenvalue weighted by Gasteiger charge is -2.08. The van der Waals surface area contributed by atoms with Crippen molar-refractivity contribution >= 4 is 11.8 Å². The van der Waals surface area contributed by atoms with Gasteiger partial charge in [0.25, 0.3) is 0 Å². The molecule has 0 atom stereocenters. The zero-order chi connectivity index (χ0) is 14.5. The molecule has 1 aromatic rings. The first-order valence-corrected chi connectivity index (χ1v) is 5.66. The van der Waals surface area contributed by atoms with Crippen LogP contribution >= 0.6 is 0 Å². The summed E-state index contributed by atoms with van der Waals surface area (Å²) in [5.74, 6) is -1.14. The molecule has 104 valence electrons. The van der Waals surface area contributed by atoms with Gasteiger partial charge in [-0.05, 0) is 18.6 Å². The number of rotatable bonds is 5. The van der Waals surface area contributed by atoms with Crippen LogP contribution in [0.2, 0.25) is 0 Å². The number of ether oxygens (including phenoxy) is 1. The summed E-state index contributed by atoms with van der Waals surface area (Å²) in [4.78, 5) is 22.5. The molecule has 19 heavy (non-hydrogen) atoms. The van der Waals surface area contributed by atoms with Crippen molar-refractivity contribution in [1.29, 1.82) is 0 Å². The predicted molar refractivity (Wildman–Crippen MR) is 61.4 cm³/mol. The second kappa shape index (κ2) is 6.36. The van der Waals surface area contributed by atoms with E-state index in [4.69, 9.17) is 0 Å². The first kappa shape index (κ1) is 15.2. The molecule has 0 aliphatic carbocycles. The summed E-state index contributed by atoms with van der Waals surface area (Å²) >= 11 is 0. The molecule has 0 aromatic heterocycles. The first-order chi connectivity index (χ1) is 8.82. The smallest absolute Gasteiger partial charge is 0.416 e. The third kappa shape index (κ3) is 5.11. The van der Waals surface area contributed by atoms with Crippen molar-refractivity contribution < 1.29 is 27.5 Å². The number of Topliss-reactive ketones (excluding diaryl/α,β-unsaturated/α-hetero) is 1. The van der Waals surface area contributed by atoms with Gasteiger partial charge in [-0.1, -0.05) is 18.2 Å². The van der Waals surface area contributed by atoms with Gasteiger partial charge in [-0.3, -0.25) is 9.59 Å². The number of hydrogen-bond donors (Lipinski definition) is 0. The zero-order valence-electron chi connectivity index (χ0n) is 10.3. The van der Waals surface area contributed by atoms with E-state index in [-0.39, 0.29) is 18.6 Å². The highest BCUT2D eigenvalue weighted by Gasteiger charge is 2.30. The molecule has 0 unspecified atom stereocenters. The Morgan fingerprint density at radius 3 is 2.53 bits per heavy atom. The standard InChI is InChI=1S/C13H13F3O3/c1-2-19-12(18)8-11(17)7-9-4-3-5-10(6-9)13(14,15)16/h3-6H,2,7-8H2,1H3. The van der Waals surface area contributed by atoms with Gasteiger partial charge < -0.3 is 4.74 Å². The van der Waals surface area contributed by atoms with Crippen LogP contribution in [-0.2, 0) is 26.9 Å². The van der Waals surface area contributed by atoms with Crippen LogP contribution in [0, 0.1) is 0 Å². The van der Waals surface area contributed by atoms with Crippen LogP contribution in [0.4, 0.5) is 13.2 Å². The van der Waals surface area contributed by atoms with Crippen molar-refractivity contribution in [3.63, 3.8) is 0 Å². The number of esters is 1. The molecular formula is C13H13F3O3. The number of carbonyl (C=O) groups is 2. The lowest BCUT2D eigenvalue weighted by atomic mass is 10.0. The van der Waals surface area contributed by atoms with Crippen molar-refractivity contribution in [2.45, 2.75) is 25.9 Å². The topological polar surface area (TPSA) is 43.4 Å². The fourth-order valence-electron chi connectivity index (χ4n) is 1.52. The van der Waals surface area contributed by atoms with Gasteiger partial charge >= 0.3 is 12.1 Å². The van der Waals surface area contributed by atoms with E-state index >= 15 is 0 Å². The highest BCUT2D eigenvalue weighted by Crippen LogP contribution is 2.29. The lowest BCUT2D eigenvalue weighted by Crippen LogP contribution is -2.13. The molecular weight excluding hydrogens is 261 g/mol. The molecule has 0 bridgehead atoms. The molecule has 3 nitrogen and oxygen atoms in total. The highest BCUT2D eigenvalue weighted by atomic mass is 19.4. The molecule has 0 aliphatic heterocycles. The van der Waals surface area contributed by atoms with Crippen LogP contribution in [0.1, 0.15) is 24.5 Å². The fraction of sp³-hybridized carbons (Fsp3) is 0.385. The Labute approximate surface area is 108 Å². The van der Waals surface area contributed by atoms with Gasteiger partial charge in [0.1, 0.15) is 12.2 Å². The van der Waals surface area contributed by atoms with Crippen LogP contribution in [0.15, 0.2) is 24.3 Å². The van der Waals surface area contributed by atoms with Crippen LogP contribution in [0.3, 0.4) is 0 Å². The molecule has 0 fully saturated rings. The maximum absolute atomic E-state index is 12.5. The molecule has 6 heteroatoms. The number of halogens is 3. The highest BCUT2D eigenvalue weighted by molar-refractivity contribution is 5.96. The van der Waals surface area contributed by atoms with Crippen LogP contribution < -0.4 is 0 Å². The molecule has 0 amide bonds. The molecule has 0 N–H and O–H groups in total. The van der Waals surface area contributed by atoms with Gasteiger partial charge in [0, 0.05) is 6.42 Å². The van der Waals surface area contributed by atoms with E-state index in [1.165, 1.54) is 12.1 Å². The Balaban J connectivity index is 2.67. The predicted octanol–water partition coefficient (Wildman–Crippen LogP) is 2.77. The van der Waals surface area contributed by atoms with Crippen molar-refractivity contribution in [2.75, 3.05) is 6.61 Å². The maximum Gasteiger partial charge on any atom is 0.416 e. The van der Waals surface area contributed by atoms with Gasteiger partial charge in [0.15, 0.2) is 0 Å². The second-order valence-electron chi connectivity index (χ2n) is 3.90. The van der Waals surface area contributed by atoms with E-state index in [1.807, 2.05) is 0 Å². The normalized spacial score (nSPS) is 11.2. The summed E-state index contributed by atoms with van der Waals surface area (Å²) in [6, 6.07) is 4.48. The summed E-state index contributed by atoms with van der Waals surface area (Å²) in [5.41, 5.74) is -0.585. The van der Waals surface area contributed by atoms with Crippen molar-refractivity contribution in [3.05, 3.63) is 35.4 Å². The Morgan fingerprint density at radius 2 is 1.95 bits per heavy atom. The molecule has 1 aromatic carbocycles. The Hall–Kier alpha value is -1.85. The largest absolute Gasteiger partial charge is 0.466 e. The van der Waals surface area contributed by atoms with E-state index < -0.39 is 29.9 Å². The van der Waals surface area contributed by atoms with E-state index in [1.54, 1.807) is 6.92 Å². The Morgan fingerprint density at radius 1 is 1.26 bits per heavy atom. The average molecular weight is 274 g/mol. The van der Waals surface area contributed by atoms with Crippen LogP contribution in [0.5, 0.6) is 0 Å². The number of alkyl halides is 3. The Bertz CT molecular complexity index is 466. The van der Waals surface area contributed by atoms with Crippen LogP contribution in [0.25, 0.3) is 0 Å². The monoisotopic (exact) mass is 274 g/mol. The van der Waals surface area contributed by atoms with E-state index in [0.717, 1.165) is 12.1 Å². The number of carbonyl (C=O) groups excluding carboxylic acids is 2. The van der Waals surface area contributed by atoms with Gasteiger partial charge in [0.2, 0.25) is 0 Å². The minimum atomic E-state index is -4.44. The SMILES string of the molecule is CCOC(=O)CC(=O)Cc1cccc(C(F)(F)F)c1. The van der Waals surface area contributed by atoms with Crippen LogP contribution in [-0.4, -0.2) is 18.4 Å². The zero-order valence-corrected chi connectivity index (χ0v) is 10.3. The minimum absolute atomic E-state index is 0.162. The van der Waals surface area contributed by atoms with Crippen molar-refractivity contribution in [1.82, 2.24) is 0 Å². The molecule has 1 rings (SSSR count). The molecule has 0 aliphatic rings. The van der Waals surface area contributed by atoms with Gasteiger partial charge in [-0.25, -0.2) is 0 Å². The number of benzene rings is 1. The molecule has 0 saturated carbocycles.